The fraction of sp³-hybridized carbons (Fsp3) is 0.100. The van der Waals surface area contributed by atoms with Crippen molar-refractivity contribution >= 4 is 29.3 Å². The average molecular weight is 537 g/mol. The van der Waals surface area contributed by atoms with Gasteiger partial charge in [-0.25, -0.2) is 9.36 Å². The highest BCUT2D eigenvalue weighted by atomic mass is 16.5. The Labute approximate surface area is 227 Å². The molecule has 0 unspecified atom stereocenters. The lowest BCUT2D eigenvalue weighted by atomic mass is 9.86. The molecule has 2 aromatic heterocycles. The quantitative estimate of drug-likeness (QED) is 0.338. The van der Waals surface area contributed by atoms with Crippen molar-refractivity contribution in [3.05, 3.63) is 117 Å². The van der Waals surface area contributed by atoms with Gasteiger partial charge in [0.25, 0.3) is 11.9 Å². The monoisotopic (exact) mass is 536 g/mol. The van der Waals surface area contributed by atoms with E-state index < -0.39 is 17.5 Å². The van der Waals surface area contributed by atoms with E-state index in [1.165, 1.54) is 4.57 Å². The van der Waals surface area contributed by atoms with Crippen LogP contribution < -0.4 is 37.0 Å². The zero-order valence-electron chi connectivity index (χ0n) is 21.6. The van der Waals surface area contributed by atoms with E-state index in [0.29, 0.717) is 34.0 Å². The van der Waals surface area contributed by atoms with E-state index in [0.717, 1.165) is 0 Å². The van der Waals surface area contributed by atoms with Crippen molar-refractivity contribution in [2.24, 2.45) is 0 Å². The molecule has 3 N–H and O–H groups in total. The standard InChI is InChI=1S/C30H24N4O6/c1-37-20-12-8-17(9-13-20)16-22-29(36)39-27-24(26(35)32-19-6-4-3-5-7-19)23(18-10-14-21(38-2)15-11-18)25-28(34(22)27)40-30(31)33-25/h3-16,23H,1-2H3,(H2,31,33)(H,32,35)/b22-16+/t23-/m1/s1. The van der Waals surface area contributed by atoms with Gasteiger partial charge in [0.05, 0.1) is 25.7 Å². The molecule has 0 spiro atoms. The molecule has 10 heteroatoms. The molecule has 0 radical (unpaired) electrons. The number of hydrogen-bond acceptors (Lipinski definition) is 8. The highest BCUT2D eigenvalue weighted by Gasteiger charge is 2.39. The summed E-state index contributed by atoms with van der Waals surface area (Å²) in [4.78, 5) is 31.7. The summed E-state index contributed by atoms with van der Waals surface area (Å²) in [7, 11) is 3.14. The molecule has 0 fully saturated rings. The third-order valence-corrected chi connectivity index (χ3v) is 6.63. The number of amides is 1. The van der Waals surface area contributed by atoms with Crippen LogP contribution in [0.15, 0.2) is 92.5 Å². The molecule has 200 valence electrons. The summed E-state index contributed by atoms with van der Waals surface area (Å²) in [6, 6.07) is 23.2. The van der Waals surface area contributed by atoms with Crippen molar-refractivity contribution < 1.29 is 23.1 Å². The van der Waals surface area contributed by atoms with Crippen molar-refractivity contribution in [1.29, 1.82) is 0 Å². The van der Waals surface area contributed by atoms with Gasteiger partial charge in [-0.3, -0.25) is 4.79 Å². The first-order chi connectivity index (χ1) is 19.5. The van der Waals surface area contributed by atoms with Crippen LogP contribution in [0.2, 0.25) is 0 Å². The van der Waals surface area contributed by atoms with Gasteiger partial charge in [-0.2, -0.15) is 4.98 Å². The predicted octanol–water partition coefficient (Wildman–Crippen LogP) is 2.78. The Bertz CT molecular complexity index is 1890. The minimum atomic E-state index is -0.759. The Kier molecular flexibility index (Phi) is 6.19. The molecule has 1 aliphatic heterocycles. The first-order valence-electron chi connectivity index (χ1n) is 12.4. The third-order valence-electron chi connectivity index (χ3n) is 6.63. The Morgan fingerprint density at radius 1 is 0.950 bits per heavy atom. The number of methoxy groups -OCH3 is 2. The van der Waals surface area contributed by atoms with E-state index >= 15 is 0 Å². The van der Waals surface area contributed by atoms with Crippen molar-refractivity contribution in [3.63, 3.8) is 0 Å². The summed E-state index contributed by atoms with van der Waals surface area (Å²) in [6.07, 6.45) is 1.64. The number of nitrogens with two attached hydrogens (primary N) is 1. The number of oxazole rings is 2. The van der Waals surface area contributed by atoms with E-state index in [4.69, 9.17) is 24.0 Å². The maximum absolute atomic E-state index is 13.9. The van der Waals surface area contributed by atoms with E-state index in [9.17, 15) is 9.59 Å². The first-order valence-corrected chi connectivity index (χ1v) is 12.4. The molecule has 5 aromatic rings. The summed E-state index contributed by atoms with van der Waals surface area (Å²) >= 11 is 0. The number of aromatic nitrogens is 2. The fourth-order valence-corrected chi connectivity index (χ4v) is 4.76. The molecule has 0 aliphatic carbocycles. The van der Waals surface area contributed by atoms with E-state index in [-0.39, 0.29) is 28.4 Å². The lowest BCUT2D eigenvalue weighted by Crippen LogP contribution is -2.38. The van der Waals surface area contributed by atoms with Crippen molar-refractivity contribution in [2.75, 3.05) is 25.3 Å². The first kappa shape index (κ1) is 24.8. The van der Waals surface area contributed by atoms with Crippen molar-refractivity contribution in [2.45, 2.75) is 5.92 Å². The SMILES string of the molecule is COc1ccc(/C=c2\c(=O)oc3n2-c2oc(N)nc2[C@H](c2ccc(OC)cc2)C=3C(=O)Nc2ccccc2)cc1. The van der Waals surface area contributed by atoms with Crippen LogP contribution in [-0.2, 0) is 4.79 Å². The number of benzene rings is 3. The van der Waals surface area contributed by atoms with Crippen LogP contribution >= 0.6 is 0 Å². The zero-order chi connectivity index (χ0) is 27.8. The zero-order valence-corrected chi connectivity index (χ0v) is 21.6. The molecule has 3 heterocycles. The molecule has 10 nitrogen and oxygen atoms in total. The lowest BCUT2D eigenvalue weighted by molar-refractivity contribution is -0.111. The molecular formula is C30H24N4O6. The second-order valence-electron chi connectivity index (χ2n) is 9.02. The number of carbonyl (C=O) groups is 1. The van der Waals surface area contributed by atoms with Crippen LogP contribution in [0.25, 0.3) is 17.5 Å². The van der Waals surface area contributed by atoms with Gasteiger partial charge in [-0.15, -0.1) is 0 Å². The van der Waals surface area contributed by atoms with Gasteiger partial charge in [0.2, 0.25) is 11.4 Å². The molecule has 0 saturated carbocycles. The molecule has 1 amide bonds. The van der Waals surface area contributed by atoms with Gasteiger partial charge in [0.15, 0.2) is 0 Å². The van der Waals surface area contributed by atoms with Gasteiger partial charge in [0.1, 0.15) is 22.5 Å². The average Bonchev–Trinajstić information content (AvgIpc) is 3.51. The summed E-state index contributed by atoms with van der Waals surface area (Å²) in [6.45, 7) is 0. The number of rotatable bonds is 6. The van der Waals surface area contributed by atoms with Crippen LogP contribution in [0, 0.1) is 0 Å². The normalized spacial score (nSPS) is 14.4. The summed E-state index contributed by atoms with van der Waals surface area (Å²) in [5, 5.41) is 3.05. The molecule has 1 atom stereocenters. The maximum atomic E-state index is 13.9. The second kappa shape index (κ2) is 9.99. The van der Waals surface area contributed by atoms with Crippen LogP contribution in [0.1, 0.15) is 22.7 Å². The van der Waals surface area contributed by atoms with E-state index in [1.807, 2.05) is 30.3 Å². The molecule has 6 rings (SSSR count). The van der Waals surface area contributed by atoms with Crippen LogP contribution in [-0.4, -0.2) is 29.7 Å². The minimum absolute atomic E-state index is 0.0164. The Balaban J connectivity index is 1.64. The maximum Gasteiger partial charge on any atom is 0.362 e. The number of anilines is 2. The summed E-state index contributed by atoms with van der Waals surface area (Å²) in [5.74, 6) is 0.265. The summed E-state index contributed by atoms with van der Waals surface area (Å²) in [5.41, 5.74) is 7.90. The van der Waals surface area contributed by atoms with Gasteiger partial charge in [-0.1, -0.05) is 42.5 Å². The highest BCUT2D eigenvalue weighted by Crippen LogP contribution is 2.39. The molecule has 40 heavy (non-hydrogen) atoms. The van der Waals surface area contributed by atoms with E-state index in [2.05, 4.69) is 10.3 Å². The number of carbonyl (C=O) groups excluding carboxylic acids is 1. The second-order valence-corrected chi connectivity index (χ2v) is 9.02. The largest absolute Gasteiger partial charge is 0.497 e. The summed E-state index contributed by atoms with van der Waals surface area (Å²) < 4.78 is 23.6. The number of nitrogens with zero attached hydrogens (tertiary/aromatic N) is 2. The van der Waals surface area contributed by atoms with Crippen molar-refractivity contribution in [1.82, 2.24) is 9.55 Å². The van der Waals surface area contributed by atoms with Gasteiger partial charge >= 0.3 is 5.63 Å². The molecule has 1 aliphatic rings. The molecule has 3 aromatic carbocycles. The van der Waals surface area contributed by atoms with E-state index in [1.54, 1.807) is 68.8 Å². The minimum Gasteiger partial charge on any atom is -0.497 e. The molecule has 0 saturated heterocycles. The number of fused-ring (bicyclic) bond motifs is 3. The number of nitrogens with one attached hydrogen (secondary N) is 1. The van der Waals surface area contributed by atoms with Gasteiger partial charge in [-0.05, 0) is 53.6 Å². The number of hydrogen-bond donors (Lipinski definition) is 2. The molecule has 0 bridgehead atoms. The van der Waals surface area contributed by atoms with Crippen molar-refractivity contribution in [3.8, 4) is 17.4 Å². The van der Waals surface area contributed by atoms with Crippen LogP contribution in [0.5, 0.6) is 11.5 Å². The van der Waals surface area contributed by atoms with Crippen LogP contribution in [0.4, 0.5) is 11.7 Å². The number of para-hydroxylation sites is 1. The Morgan fingerprint density at radius 2 is 1.60 bits per heavy atom. The lowest BCUT2D eigenvalue weighted by Gasteiger charge is -2.22. The third kappa shape index (κ3) is 4.31. The smallest absolute Gasteiger partial charge is 0.362 e. The Morgan fingerprint density at radius 3 is 2.25 bits per heavy atom. The molecular weight excluding hydrogens is 512 g/mol. The fourth-order valence-electron chi connectivity index (χ4n) is 4.76. The number of ether oxygens (including phenoxy) is 2. The van der Waals surface area contributed by atoms with Gasteiger partial charge < -0.3 is 29.4 Å². The Hall–Kier alpha value is -5.51. The highest BCUT2D eigenvalue weighted by molar-refractivity contribution is 6.22. The van der Waals surface area contributed by atoms with Crippen LogP contribution in [0.3, 0.4) is 0 Å². The predicted molar refractivity (Wildman–Crippen MR) is 148 cm³/mol. The topological polar surface area (TPSA) is 135 Å². The van der Waals surface area contributed by atoms with Gasteiger partial charge in [0, 0.05) is 5.69 Å². The number of nitrogen functional groups attached to an aromatic ring is 1.